The molecular weight excluding hydrogens is 367 g/mol. The molecule has 1 atom stereocenters. The maximum absolute atomic E-state index is 12.3. The highest BCUT2D eigenvalue weighted by Gasteiger charge is 2.18. The van der Waals surface area contributed by atoms with Gasteiger partial charge in [0.1, 0.15) is 6.04 Å². The summed E-state index contributed by atoms with van der Waals surface area (Å²) in [4.78, 5) is 20.7. The van der Waals surface area contributed by atoms with Crippen LogP contribution in [0.15, 0.2) is 48.1 Å². The van der Waals surface area contributed by atoms with E-state index in [1.807, 2.05) is 17.5 Å². The van der Waals surface area contributed by atoms with Gasteiger partial charge in [0.2, 0.25) is 5.91 Å². The van der Waals surface area contributed by atoms with Crippen LogP contribution in [0.3, 0.4) is 0 Å². The smallest absolute Gasteiger partial charge is 0.247 e. The zero-order valence-electron chi connectivity index (χ0n) is 12.2. The summed E-state index contributed by atoms with van der Waals surface area (Å²) in [5.41, 5.74) is 8.20. The number of nitrogens with one attached hydrogen (secondary N) is 1. The third-order valence-corrected chi connectivity index (χ3v) is 4.43. The molecule has 3 rings (SSSR count). The number of rotatable bonds is 4. The van der Waals surface area contributed by atoms with E-state index in [9.17, 15) is 4.79 Å². The molecule has 3 aromatic rings. The summed E-state index contributed by atoms with van der Waals surface area (Å²) in [5.74, 6) is -0.385. The van der Waals surface area contributed by atoms with Crippen molar-refractivity contribution >= 4 is 45.6 Å². The first-order valence-electron chi connectivity index (χ1n) is 6.91. The van der Waals surface area contributed by atoms with Crippen molar-refractivity contribution < 1.29 is 4.79 Å². The number of thiazole rings is 1. The van der Waals surface area contributed by atoms with Crippen molar-refractivity contribution in [2.45, 2.75) is 6.04 Å². The summed E-state index contributed by atoms with van der Waals surface area (Å²) in [6.07, 6.45) is 3.37. The highest BCUT2D eigenvalue weighted by Crippen LogP contribution is 2.26. The molecule has 2 aromatic heterocycles. The molecule has 3 N–H and O–H groups in total. The molecule has 0 spiro atoms. The summed E-state index contributed by atoms with van der Waals surface area (Å²) >= 11 is 13.2. The lowest BCUT2D eigenvalue weighted by Crippen LogP contribution is -2.27. The van der Waals surface area contributed by atoms with Gasteiger partial charge >= 0.3 is 0 Å². The number of carbonyl (C=O) groups is 1. The standard InChI is InChI=1S/C16H12Cl2N4OS/c17-11-5-10(6-12(18)7-11)14(19)15(23)22-16-21-13(8-24-16)9-1-3-20-4-2-9/h1-8,14H,19H2,(H,21,22,23). The topological polar surface area (TPSA) is 80.9 Å². The third-order valence-electron chi connectivity index (χ3n) is 3.24. The number of carbonyl (C=O) groups excluding carboxylic acids is 1. The van der Waals surface area contributed by atoms with Crippen molar-refractivity contribution in [3.05, 3.63) is 63.7 Å². The van der Waals surface area contributed by atoms with Gasteiger partial charge in [0.15, 0.2) is 5.13 Å². The highest BCUT2D eigenvalue weighted by molar-refractivity contribution is 7.14. The first-order chi connectivity index (χ1) is 11.5. The Balaban J connectivity index is 1.74. The fraction of sp³-hybridized carbons (Fsp3) is 0.0625. The van der Waals surface area contributed by atoms with Gasteiger partial charge in [-0.2, -0.15) is 0 Å². The van der Waals surface area contributed by atoms with Gasteiger partial charge in [-0.15, -0.1) is 11.3 Å². The molecule has 1 amide bonds. The van der Waals surface area contributed by atoms with E-state index < -0.39 is 6.04 Å². The minimum Gasteiger partial charge on any atom is -0.316 e. The van der Waals surface area contributed by atoms with Crippen LogP contribution in [-0.4, -0.2) is 15.9 Å². The Labute approximate surface area is 152 Å². The maximum atomic E-state index is 12.3. The Bertz CT molecular complexity index is 849. The van der Waals surface area contributed by atoms with Gasteiger partial charge in [-0.05, 0) is 35.9 Å². The van der Waals surface area contributed by atoms with Gasteiger partial charge in [0, 0.05) is 33.4 Å². The third kappa shape index (κ3) is 3.91. The summed E-state index contributed by atoms with van der Waals surface area (Å²) in [5, 5.41) is 5.88. The zero-order chi connectivity index (χ0) is 17.1. The number of hydrogen-bond donors (Lipinski definition) is 2. The summed E-state index contributed by atoms with van der Waals surface area (Å²) in [7, 11) is 0. The molecule has 0 aliphatic rings. The van der Waals surface area contributed by atoms with Gasteiger partial charge in [-0.1, -0.05) is 23.2 Å². The Kier molecular flexibility index (Phi) is 5.11. The van der Waals surface area contributed by atoms with Crippen molar-refractivity contribution in [1.82, 2.24) is 9.97 Å². The number of nitrogens with zero attached hydrogens (tertiary/aromatic N) is 2. The molecule has 0 bridgehead atoms. The summed E-state index contributed by atoms with van der Waals surface area (Å²) in [6.45, 7) is 0. The molecule has 0 radical (unpaired) electrons. The molecule has 2 heterocycles. The number of benzene rings is 1. The quantitative estimate of drug-likeness (QED) is 0.714. The van der Waals surface area contributed by atoms with E-state index >= 15 is 0 Å². The zero-order valence-corrected chi connectivity index (χ0v) is 14.6. The molecule has 0 saturated heterocycles. The van der Waals surface area contributed by atoms with Crippen LogP contribution in [0.1, 0.15) is 11.6 Å². The second kappa shape index (κ2) is 7.27. The van der Waals surface area contributed by atoms with E-state index in [0.717, 1.165) is 11.3 Å². The van der Waals surface area contributed by atoms with Crippen LogP contribution in [0.2, 0.25) is 10.0 Å². The van der Waals surface area contributed by atoms with E-state index in [-0.39, 0.29) is 5.91 Å². The van der Waals surface area contributed by atoms with Crippen molar-refractivity contribution in [2.75, 3.05) is 5.32 Å². The lowest BCUT2D eigenvalue weighted by atomic mass is 10.1. The molecule has 0 aliphatic carbocycles. The van der Waals surface area contributed by atoms with E-state index in [1.54, 1.807) is 30.6 Å². The molecule has 8 heteroatoms. The Hall–Kier alpha value is -1.99. The van der Waals surface area contributed by atoms with E-state index in [4.69, 9.17) is 28.9 Å². The minimum absolute atomic E-state index is 0.385. The van der Waals surface area contributed by atoms with Crippen molar-refractivity contribution in [3.63, 3.8) is 0 Å². The predicted molar refractivity (Wildman–Crippen MR) is 97.4 cm³/mol. The molecule has 1 unspecified atom stereocenters. The number of anilines is 1. The van der Waals surface area contributed by atoms with Crippen molar-refractivity contribution in [3.8, 4) is 11.3 Å². The Morgan fingerprint density at radius 1 is 1.17 bits per heavy atom. The first-order valence-corrected chi connectivity index (χ1v) is 8.55. The van der Waals surface area contributed by atoms with E-state index in [1.165, 1.54) is 11.3 Å². The second-order valence-corrected chi connectivity index (χ2v) is 6.67. The Morgan fingerprint density at radius 3 is 2.50 bits per heavy atom. The number of nitrogens with two attached hydrogens (primary N) is 1. The number of amides is 1. The van der Waals surface area contributed by atoms with Gasteiger partial charge in [0.25, 0.3) is 0 Å². The second-order valence-electron chi connectivity index (χ2n) is 4.94. The van der Waals surface area contributed by atoms with E-state index in [0.29, 0.717) is 20.7 Å². The van der Waals surface area contributed by atoms with Crippen LogP contribution in [0.25, 0.3) is 11.3 Å². The molecule has 5 nitrogen and oxygen atoms in total. The van der Waals surface area contributed by atoms with Crippen LogP contribution in [0.4, 0.5) is 5.13 Å². The number of pyridine rings is 1. The van der Waals surface area contributed by atoms with Gasteiger partial charge in [0.05, 0.1) is 5.69 Å². The number of halogens is 2. The largest absolute Gasteiger partial charge is 0.316 e. The molecule has 24 heavy (non-hydrogen) atoms. The first kappa shape index (κ1) is 16.9. The Morgan fingerprint density at radius 2 is 1.83 bits per heavy atom. The monoisotopic (exact) mass is 378 g/mol. The molecular formula is C16H12Cl2N4OS. The van der Waals surface area contributed by atoms with Crippen molar-refractivity contribution in [2.24, 2.45) is 5.73 Å². The summed E-state index contributed by atoms with van der Waals surface area (Å²) < 4.78 is 0. The van der Waals surface area contributed by atoms with Gasteiger partial charge < -0.3 is 11.1 Å². The lowest BCUT2D eigenvalue weighted by Gasteiger charge is -2.12. The fourth-order valence-corrected chi connectivity index (χ4v) is 3.34. The highest BCUT2D eigenvalue weighted by atomic mass is 35.5. The minimum atomic E-state index is -0.894. The lowest BCUT2D eigenvalue weighted by molar-refractivity contribution is -0.117. The summed E-state index contributed by atoms with van der Waals surface area (Å²) in [6, 6.07) is 7.61. The molecule has 0 fully saturated rings. The number of hydrogen-bond acceptors (Lipinski definition) is 5. The average molecular weight is 379 g/mol. The molecule has 0 saturated carbocycles. The van der Waals surface area contributed by atoms with Crippen LogP contribution in [0, 0.1) is 0 Å². The van der Waals surface area contributed by atoms with Crippen LogP contribution in [-0.2, 0) is 4.79 Å². The van der Waals surface area contributed by atoms with Crippen LogP contribution >= 0.6 is 34.5 Å². The van der Waals surface area contributed by atoms with Crippen LogP contribution in [0.5, 0.6) is 0 Å². The predicted octanol–water partition coefficient (Wildman–Crippen LogP) is 4.15. The van der Waals surface area contributed by atoms with E-state index in [2.05, 4.69) is 15.3 Å². The molecule has 122 valence electrons. The van der Waals surface area contributed by atoms with Gasteiger partial charge in [-0.3, -0.25) is 9.78 Å². The number of aromatic nitrogens is 2. The van der Waals surface area contributed by atoms with Gasteiger partial charge in [-0.25, -0.2) is 4.98 Å². The maximum Gasteiger partial charge on any atom is 0.247 e. The van der Waals surface area contributed by atoms with Crippen LogP contribution < -0.4 is 11.1 Å². The molecule has 1 aromatic carbocycles. The molecule has 0 aliphatic heterocycles. The van der Waals surface area contributed by atoms with Crippen molar-refractivity contribution in [1.29, 1.82) is 0 Å². The SMILES string of the molecule is NC(C(=O)Nc1nc(-c2ccncc2)cs1)c1cc(Cl)cc(Cl)c1. The normalized spacial score (nSPS) is 12.0. The average Bonchev–Trinajstić information content (AvgIpc) is 3.02. The fourth-order valence-electron chi connectivity index (χ4n) is 2.08.